The zero-order valence-electron chi connectivity index (χ0n) is 17.9. The summed E-state index contributed by atoms with van der Waals surface area (Å²) in [6.45, 7) is 1.46. The number of benzene rings is 3. The van der Waals surface area contributed by atoms with Crippen LogP contribution in [0.25, 0.3) is 0 Å². The lowest BCUT2D eigenvalue weighted by Gasteiger charge is -2.20. The Kier molecular flexibility index (Phi) is 6.95. The number of rotatable bonds is 8. The number of carbonyl (C=O) groups is 2. The van der Waals surface area contributed by atoms with Gasteiger partial charge in [0.25, 0.3) is 10.0 Å². The van der Waals surface area contributed by atoms with Gasteiger partial charge < -0.3 is 9.47 Å². The Bertz CT molecular complexity index is 1220. The van der Waals surface area contributed by atoms with E-state index in [9.17, 15) is 18.0 Å². The first kappa shape index (κ1) is 23.0. The zero-order chi connectivity index (χ0) is 23.3. The number of Topliss-reactive ketones (excluding diaryl/α,β-unsaturated/α-hetero) is 1. The van der Waals surface area contributed by atoms with Crippen LogP contribution in [0, 0.1) is 6.92 Å². The molecule has 3 aromatic carbocycles. The van der Waals surface area contributed by atoms with Crippen LogP contribution in [0.3, 0.4) is 0 Å². The molecule has 0 amide bonds. The quantitative estimate of drug-likeness (QED) is 0.380. The molecule has 0 saturated heterocycles. The van der Waals surface area contributed by atoms with Gasteiger partial charge in [0, 0.05) is 12.6 Å². The van der Waals surface area contributed by atoms with Gasteiger partial charge in [0.2, 0.25) is 0 Å². The number of anilines is 1. The molecule has 166 valence electrons. The second-order valence-electron chi connectivity index (χ2n) is 7.06. The summed E-state index contributed by atoms with van der Waals surface area (Å²) in [6, 6.07) is 19.0. The summed E-state index contributed by atoms with van der Waals surface area (Å²) < 4.78 is 37.4. The molecule has 0 aliphatic heterocycles. The van der Waals surface area contributed by atoms with Crippen LogP contribution in [-0.4, -0.2) is 40.9 Å². The lowest BCUT2D eigenvalue weighted by molar-refractivity contribution is 0.0474. The normalized spacial score (nSPS) is 11.0. The van der Waals surface area contributed by atoms with Crippen molar-refractivity contribution in [1.29, 1.82) is 0 Å². The Morgan fingerprint density at radius 3 is 2.19 bits per heavy atom. The lowest BCUT2D eigenvalue weighted by Crippen LogP contribution is -2.26. The summed E-state index contributed by atoms with van der Waals surface area (Å²) in [6.07, 6.45) is 0. The summed E-state index contributed by atoms with van der Waals surface area (Å²) in [5, 5.41) is 0. The summed E-state index contributed by atoms with van der Waals surface area (Å²) in [7, 11) is -0.987. The SMILES string of the molecule is COc1ccc(N(C)S(=O)(=O)c2cccc(C(=O)OCC(=O)c3ccc(C)cc3)c2)cc1. The van der Waals surface area contributed by atoms with Crippen molar-refractivity contribution in [3.63, 3.8) is 0 Å². The van der Waals surface area contributed by atoms with Crippen LogP contribution >= 0.6 is 0 Å². The molecule has 0 unspecified atom stereocenters. The zero-order valence-corrected chi connectivity index (χ0v) is 18.8. The molecule has 0 spiro atoms. The van der Waals surface area contributed by atoms with Gasteiger partial charge in [-0.1, -0.05) is 35.9 Å². The molecule has 32 heavy (non-hydrogen) atoms. The second-order valence-corrected chi connectivity index (χ2v) is 9.03. The maximum atomic E-state index is 13.0. The van der Waals surface area contributed by atoms with E-state index >= 15 is 0 Å². The van der Waals surface area contributed by atoms with E-state index in [1.807, 2.05) is 6.92 Å². The van der Waals surface area contributed by atoms with Crippen molar-refractivity contribution < 1.29 is 27.5 Å². The molecule has 0 fully saturated rings. The highest BCUT2D eigenvalue weighted by molar-refractivity contribution is 7.92. The van der Waals surface area contributed by atoms with Gasteiger partial charge in [-0.3, -0.25) is 9.10 Å². The fourth-order valence-electron chi connectivity index (χ4n) is 2.91. The molecule has 0 atom stereocenters. The number of hydrogen-bond donors (Lipinski definition) is 0. The van der Waals surface area contributed by atoms with E-state index < -0.39 is 22.6 Å². The highest BCUT2D eigenvalue weighted by Crippen LogP contribution is 2.25. The molecule has 3 aromatic rings. The first-order chi connectivity index (χ1) is 15.2. The Labute approximate surface area is 187 Å². The minimum atomic E-state index is -3.93. The van der Waals surface area contributed by atoms with Crippen molar-refractivity contribution >= 4 is 27.5 Å². The number of methoxy groups -OCH3 is 1. The van der Waals surface area contributed by atoms with Crippen LogP contribution in [0.1, 0.15) is 26.3 Å². The van der Waals surface area contributed by atoms with Crippen LogP contribution in [0.2, 0.25) is 0 Å². The number of hydrogen-bond acceptors (Lipinski definition) is 6. The van der Waals surface area contributed by atoms with E-state index in [1.165, 1.54) is 38.4 Å². The van der Waals surface area contributed by atoms with Crippen LogP contribution < -0.4 is 9.04 Å². The molecule has 3 rings (SSSR count). The summed E-state index contributed by atoms with van der Waals surface area (Å²) >= 11 is 0. The van der Waals surface area contributed by atoms with Crippen molar-refractivity contribution in [1.82, 2.24) is 0 Å². The lowest BCUT2D eigenvalue weighted by atomic mass is 10.1. The van der Waals surface area contributed by atoms with Crippen molar-refractivity contribution in [2.45, 2.75) is 11.8 Å². The van der Waals surface area contributed by atoms with E-state index in [0.717, 1.165) is 9.87 Å². The maximum absolute atomic E-state index is 13.0. The fraction of sp³-hybridized carbons (Fsp3) is 0.167. The van der Waals surface area contributed by atoms with E-state index in [1.54, 1.807) is 48.5 Å². The van der Waals surface area contributed by atoms with Crippen molar-refractivity contribution in [2.24, 2.45) is 0 Å². The molecule has 0 saturated carbocycles. The number of carbonyl (C=O) groups excluding carboxylic acids is 2. The van der Waals surface area contributed by atoms with Gasteiger partial charge in [0.1, 0.15) is 5.75 Å². The van der Waals surface area contributed by atoms with Crippen molar-refractivity contribution in [3.8, 4) is 5.75 Å². The summed E-state index contributed by atoms with van der Waals surface area (Å²) in [5.74, 6) is -0.527. The Morgan fingerprint density at radius 2 is 1.56 bits per heavy atom. The third-order valence-corrected chi connectivity index (χ3v) is 6.65. The molecular weight excluding hydrogens is 430 g/mol. The van der Waals surface area contributed by atoms with Gasteiger partial charge in [-0.2, -0.15) is 0 Å². The number of esters is 1. The number of aryl methyl sites for hydroxylation is 1. The molecule has 0 aromatic heterocycles. The Balaban J connectivity index is 1.73. The van der Waals surface area contributed by atoms with Crippen LogP contribution in [0.5, 0.6) is 5.75 Å². The van der Waals surface area contributed by atoms with Gasteiger partial charge in [-0.15, -0.1) is 0 Å². The predicted octanol–water partition coefficient (Wildman–Crippen LogP) is 3.87. The highest BCUT2D eigenvalue weighted by atomic mass is 32.2. The largest absolute Gasteiger partial charge is 0.497 e. The molecule has 0 aliphatic carbocycles. The third kappa shape index (κ3) is 5.15. The molecule has 7 nitrogen and oxygen atoms in total. The van der Waals surface area contributed by atoms with Crippen LogP contribution in [0.4, 0.5) is 5.69 Å². The minimum Gasteiger partial charge on any atom is -0.497 e. The van der Waals surface area contributed by atoms with E-state index in [4.69, 9.17) is 9.47 Å². The molecule has 0 bridgehead atoms. The first-order valence-corrected chi connectivity index (χ1v) is 11.2. The number of ether oxygens (including phenoxy) is 2. The average molecular weight is 454 g/mol. The predicted molar refractivity (Wildman–Crippen MR) is 121 cm³/mol. The van der Waals surface area contributed by atoms with Crippen LogP contribution in [-0.2, 0) is 14.8 Å². The third-order valence-electron chi connectivity index (χ3n) is 4.87. The van der Waals surface area contributed by atoms with Crippen LogP contribution in [0.15, 0.2) is 77.7 Å². The van der Waals surface area contributed by atoms with E-state index in [2.05, 4.69) is 0 Å². The van der Waals surface area contributed by atoms with E-state index in [0.29, 0.717) is 17.0 Å². The topological polar surface area (TPSA) is 90.0 Å². The summed E-state index contributed by atoms with van der Waals surface area (Å²) in [5.41, 5.74) is 1.91. The van der Waals surface area contributed by atoms with Gasteiger partial charge in [-0.05, 0) is 49.4 Å². The number of ketones is 1. The highest BCUT2D eigenvalue weighted by Gasteiger charge is 2.23. The van der Waals surface area contributed by atoms with E-state index in [-0.39, 0.29) is 16.2 Å². The first-order valence-electron chi connectivity index (χ1n) is 9.72. The van der Waals surface area contributed by atoms with Crippen molar-refractivity contribution in [2.75, 3.05) is 25.1 Å². The van der Waals surface area contributed by atoms with Gasteiger partial charge in [0.05, 0.1) is 23.3 Å². The Morgan fingerprint density at radius 1 is 0.906 bits per heavy atom. The average Bonchev–Trinajstić information content (AvgIpc) is 2.82. The maximum Gasteiger partial charge on any atom is 0.338 e. The molecule has 0 heterocycles. The summed E-state index contributed by atoms with van der Waals surface area (Å²) in [4.78, 5) is 24.6. The number of nitrogens with zero attached hydrogens (tertiary/aromatic N) is 1. The monoisotopic (exact) mass is 453 g/mol. The molecule has 0 radical (unpaired) electrons. The standard InChI is InChI=1S/C24H23NO6S/c1-17-7-9-18(10-8-17)23(26)16-31-24(27)19-5-4-6-22(15-19)32(28,29)25(2)20-11-13-21(30-3)14-12-20/h4-15H,16H2,1-3H3. The molecule has 0 N–H and O–H groups in total. The molecule has 8 heteroatoms. The number of sulfonamides is 1. The fourth-order valence-corrected chi connectivity index (χ4v) is 4.15. The second kappa shape index (κ2) is 9.65. The molecule has 0 aliphatic rings. The van der Waals surface area contributed by atoms with Gasteiger partial charge >= 0.3 is 5.97 Å². The van der Waals surface area contributed by atoms with Gasteiger partial charge in [-0.25, -0.2) is 13.2 Å². The molecular formula is C24H23NO6S. The van der Waals surface area contributed by atoms with Crippen molar-refractivity contribution in [3.05, 3.63) is 89.5 Å². The Hall–Kier alpha value is -3.65. The smallest absolute Gasteiger partial charge is 0.338 e. The van der Waals surface area contributed by atoms with Gasteiger partial charge in [0.15, 0.2) is 12.4 Å². The minimum absolute atomic E-state index is 0.0333.